The lowest BCUT2D eigenvalue weighted by atomic mass is 9.83. The number of nitrogens with zero attached hydrogens (tertiary/aromatic N) is 1. The Morgan fingerprint density at radius 3 is 2.60 bits per heavy atom. The number of esters is 1. The number of nitrogens with two attached hydrogens (primary N) is 1. The van der Waals surface area contributed by atoms with E-state index < -0.39 is 23.8 Å². The molecule has 3 aromatic carbocycles. The molecule has 2 unspecified atom stereocenters. The molecule has 0 bridgehead atoms. The van der Waals surface area contributed by atoms with Crippen LogP contribution in [0.5, 0.6) is 28.7 Å². The van der Waals surface area contributed by atoms with Crippen molar-refractivity contribution < 1.29 is 32.9 Å². The van der Waals surface area contributed by atoms with E-state index in [9.17, 15) is 14.4 Å². The van der Waals surface area contributed by atoms with Crippen molar-refractivity contribution in [1.29, 1.82) is 5.26 Å². The van der Waals surface area contributed by atoms with Gasteiger partial charge in [-0.2, -0.15) is 5.26 Å². The molecule has 0 spiro atoms. The number of unbranched alkanes of at least 4 members (excludes halogenated alkanes) is 1. The summed E-state index contributed by atoms with van der Waals surface area (Å²) in [5.74, 6) is -0.281. The maximum absolute atomic E-state index is 13.9. The van der Waals surface area contributed by atoms with Crippen molar-refractivity contribution in [2.24, 2.45) is 5.73 Å². The molecule has 0 aliphatic carbocycles. The van der Waals surface area contributed by atoms with Crippen LogP contribution in [-0.4, -0.2) is 25.3 Å². The number of ether oxygens (including phenoxy) is 5. The van der Waals surface area contributed by atoms with Crippen LogP contribution in [0.1, 0.15) is 50.7 Å². The van der Waals surface area contributed by atoms with Gasteiger partial charge in [-0.1, -0.05) is 37.6 Å². The first-order chi connectivity index (χ1) is 19.4. The summed E-state index contributed by atoms with van der Waals surface area (Å²) in [4.78, 5) is 12.7. The summed E-state index contributed by atoms with van der Waals surface area (Å²) in [6.45, 7) is 6.44. The van der Waals surface area contributed by atoms with Crippen molar-refractivity contribution in [1.82, 2.24) is 0 Å². The van der Waals surface area contributed by atoms with Crippen molar-refractivity contribution in [2.75, 3.05) is 13.2 Å². The smallest absolute Gasteiger partial charge is 0.352 e. The molecule has 1 heterocycles. The van der Waals surface area contributed by atoms with Gasteiger partial charge in [-0.05, 0) is 56.2 Å². The second kappa shape index (κ2) is 12.9. The summed E-state index contributed by atoms with van der Waals surface area (Å²) in [7, 11) is 0. The third-order valence-corrected chi connectivity index (χ3v) is 6.24. The summed E-state index contributed by atoms with van der Waals surface area (Å²) in [6, 6.07) is 18.3. The predicted octanol–water partition coefficient (Wildman–Crippen LogP) is 5.99. The topological polar surface area (TPSA) is 113 Å². The van der Waals surface area contributed by atoms with Crippen LogP contribution in [0.15, 0.2) is 72.1 Å². The average molecular weight is 547 g/mol. The van der Waals surface area contributed by atoms with Crippen LogP contribution >= 0.6 is 0 Å². The molecular formula is C31H31FN2O6. The number of benzene rings is 3. The van der Waals surface area contributed by atoms with E-state index in [4.69, 9.17) is 29.4 Å². The van der Waals surface area contributed by atoms with Gasteiger partial charge in [0.05, 0.1) is 19.1 Å². The van der Waals surface area contributed by atoms with Gasteiger partial charge in [0, 0.05) is 11.6 Å². The van der Waals surface area contributed by atoms with Gasteiger partial charge in [0.2, 0.25) is 5.88 Å². The normalized spacial score (nSPS) is 14.8. The lowest BCUT2D eigenvalue weighted by molar-refractivity contribution is -0.141. The van der Waals surface area contributed by atoms with Gasteiger partial charge in [-0.25, -0.2) is 9.18 Å². The van der Waals surface area contributed by atoms with Crippen LogP contribution in [0.25, 0.3) is 0 Å². The Labute approximate surface area is 232 Å². The molecule has 2 N–H and O–H groups in total. The molecule has 0 saturated heterocycles. The molecule has 8 nitrogen and oxygen atoms in total. The molecule has 3 aromatic rings. The fourth-order valence-electron chi connectivity index (χ4n) is 4.24. The van der Waals surface area contributed by atoms with Crippen LogP contribution in [-0.2, 0) is 4.79 Å². The number of halogens is 1. The largest absolute Gasteiger partial charge is 0.490 e. The molecule has 1 aliphatic rings. The zero-order valence-corrected chi connectivity index (χ0v) is 22.6. The summed E-state index contributed by atoms with van der Waals surface area (Å²) < 4.78 is 42.3. The van der Waals surface area contributed by atoms with Gasteiger partial charge in [0.1, 0.15) is 23.1 Å². The summed E-state index contributed by atoms with van der Waals surface area (Å²) in [6.07, 6.45) is 0.844. The molecule has 1 aliphatic heterocycles. The maximum atomic E-state index is 13.9. The van der Waals surface area contributed by atoms with Crippen LogP contribution in [0.3, 0.4) is 0 Å². The van der Waals surface area contributed by atoms with Gasteiger partial charge in [0.15, 0.2) is 29.2 Å². The Hall–Kier alpha value is -4.71. The first-order valence-electron chi connectivity index (χ1n) is 13.1. The highest BCUT2D eigenvalue weighted by atomic mass is 19.1. The third kappa shape index (κ3) is 6.29. The summed E-state index contributed by atoms with van der Waals surface area (Å²) in [5, 5.41) is 9.93. The van der Waals surface area contributed by atoms with Gasteiger partial charge in [0.25, 0.3) is 0 Å². The maximum Gasteiger partial charge on any atom is 0.352 e. The molecule has 0 aromatic heterocycles. The second-order valence-corrected chi connectivity index (χ2v) is 9.08. The number of hydrogen-bond donors (Lipinski definition) is 1. The lowest BCUT2D eigenvalue weighted by Gasteiger charge is -2.27. The van der Waals surface area contributed by atoms with Crippen molar-refractivity contribution in [2.45, 2.75) is 45.6 Å². The van der Waals surface area contributed by atoms with Crippen LogP contribution in [0.2, 0.25) is 0 Å². The number of carbonyl (C=O) groups is 1. The highest BCUT2D eigenvalue weighted by molar-refractivity contribution is 5.77. The Kier molecular flexibility index (Phi) is 9.12. The Bertz CT molecular complexity index is 1450. The SMILES string of the molecule is CCCCOc1ccc(C2C(C#N)=C(N)Oc3cc(OC(=O)C(C)Oc4ccccc4F)ccc32)cc1OCC. The minimum atomic E-state index is -1.08. The number of nitriles is 1. The van der Waals surface area contributed by atoms with Crippen LogP contribution in [0, 0.1) is 17.1 Å². The molecule has 40 heavy (non-hydrogen) atoms. The number of hydrogen-bond acceptors (Lipinski definition) is 8. The van der Waals surface area contributed by atoms with E-state index in [1.54, 1.807) is 18.2 Å². The van der Waals surface area contributed by atoms with Crippen LogP contribution in [0.4, 0.5) is 4.39 Å². The predicted molar refractivity (Wildman–Crippen MR) is 146 cm³/mol. The standard InChI is InChI=1S/C31H31FN2O6/c1-4-6-15-37-26-14-11-20(16-28(26)36-5-2)29-22-13-12-21(17-27(22)40-30(34)23(29)18-33)39-31(35)19(3)38-25-10-8-7-9-24(25)32/h7-14,16-17,19,29H,4-6,15,34H2,1-3H3. The minimum Gasteiger partial charge on any atom is -0.490 e. The van der Waals surface area contributed by atoms with E-state index in [2.05, 4.69) is 13.0 Å². The highest BCUT2D eigenvalue weighted by Crippen LogP contribution is 2.45. The van der Waals surface area contributed by atoms with E-state index in [-0.39, 0.29) is 23.0 Å². The monoisotopic (exact) mass is 546 g/mol. The zero-order chi connectivity index (χ0) is 28.6. The Morgan fingerprint density at radius 1 is 1.07 bits per heavy atom. The molecule has 9 heteroatoms. The molecular weight excluding hydrogens is 515 g/mol. The number of para-hydroxylation sites is 1. The van der Waals surface area contributed by atoms with Crippen LogP contribution < -0.4 is 29.4 Å². The fourth-order valence-corrected chi connectivity index (χ4v) is 4.24. The van der Waals surface area contributed by atoms with Gasteiger partial charge < -0.3 is 29.4 Å². The number of fused-ring (bicyclic) bond motifs is 1. The average Bonchev–Trinajstić information content (AvgIpc) is 2.94. The molecule has 0 saturated carbocycles. The number of rotatable bonds is 11. The fraction of sp³-hybridized carbons (Fsp3) is 0.290. The zero-order valence-electron chi connectivity index (χ0n) is 22.6. The van der Waals surface area contributed by atoms with Gasteiger partial charge >= 0.3 is 5.97 Å². The van der Waals surface area contributed by atoms with E-state index in [1.807, 2.05) is 25.1 Å². The first-order valence-corrected chi connectivity index (χ1v) is 13.1. The molecule has 0 radical (unpaired) electrons. The highest BCUT2D eigenvalue weighted by Gasteiger charge is 2.32. The first kappa shape index (κ1) is 28.3. The summed E-state index contributed by atoms with van der Waals surface area (Å²) >= 11 is 0. The van der Waals surface area contributed by atoms with Crippen molar-refractivity contribution >= 4 is 5.97 Å². The molecule has 0 fully saturated rings. The van der Waals surface area contributed by atoms with Crippen molar-refractivity contribution in [3.05, 3.63) is 89.1 Å². The lowest BCUT2D eigenvalue weighted by Crippen LogP contribution is -2.29. The Morgan fingerprint density at radius 2 is 1.88 bits per heavy atom. The molecule has 4 rings (SSSR count). The molecule has 0 amide bonds. The quantitative estimate of drug-likeness (QED) is 0.177. The van der Waals surface area contributed by atoms with Crippen molar-refractivity contribution in [3.8, 4) is 34.8 Å². The van der Waals surface area contributed by atoms with E-state index in [1.165, 1.54) is 31.2 Å². The number of carbonyl (C=O) groups excluding carboxylic acids is 1. The van der Waals surface area contributed by atoms with Gasteiger partial charge in [-0.15, -0.1) is 0 Å². The van der Waals surface area contributed by atoms with Gasteiger partial charge in [-0.3, -0.25) is 0 Å². The second-order valence-electron chi connectivity index (χ2n) is 9.08. The number of allylic oxidation sites excluding steroid dienone is 1. The minimum absolute atomic E-state index is 0.0547. The van der Waals surface area contributed by atoms with E-state index >= 15 is 0 Å². The third-order valence-electron chi connectivity index (χ3n) is 6.24. The van der Waals surface area contributed by atoms with E-state index in [0.29, 0.717) is 36.0 Å². The van der Waals surface area contributed by atoms with E-state index in [0.717, 1.165) is 18.4 Å². The van der Waals surface area contributed by atoms with Crippen molar-refractivity contribution in [3.63, 3.8) is 0 Å². The molecule has 2 atom stereocenters. The molecule has 208 valence electrons. The Balaban J connectivity index is 1.60. The summed E-state index contributed by atoms with van der Waals surface area (Å²) in [5.41, 5.74) is 7.81.